The number of aryl methyl sites for hydroxylation is 2. The molecule has 0 saturated carbocycles. The van der Waals surface area contributed by atoms with Crippen LogP contribution in [0.2, 0.25) is 5.02 Å². The molecule has 2 aromatic rings. The third-order valence-corrected chi connectivity index (χ3v) is 3.69. The van der Waals surface area contributed by atoms with Crippen molar-refractivity contribution in [3.63, 3.8) is 0 Å². The van der Waals surface area contributed by atoms with E-state index in [1.807, 2.05) is 20.8 Å². The van der Waals surface area contributed by atoms with Crippen LogP contribution in [0.4, 0.5) is 10.1 Å². The van der Waals surface area contributed by atoms with Crippen molar-refractivity contribution in [2.24, 2.45) is 0 Å². The molecule has 7 heteroatoms. The Hall–Kier alpha value is -1.92. The predicted octanol–water partition coefficient (Wildman–Crippen LogP) is 3.11. The standard InChI is InChI=1S/C15H18ClFN4O/c1-8(11-4-5-13(17)12(16)6-11)18-7-14(22)19-15-9(2)20-21-10(15)3/h4-6,8,18H,7H2,1-3H3,(H,19,22)(H,20,21)/t8-/m0/s1. The van der Waals surface area contributed by atoms with Gasteiger partial charge in [0.25, 0.3) is 0 Å². The molecule has 0 aliphatic rings. The van der Waals surface area contributed by atoms with Crippen LogP contribution in [0.3, 0.4) is 0 Å². The minimum Gasteiger partial charge on any atom is -0.322 e. The van der Waals surface area contributed by atoms with Crippen LogP contribution in [0, 0.1) is 19.7 Å². The molecule has 3 N–H and O–H groups in total. The second-order valence-electron chi connectivity index (χ2n) is 5.13. The maximum atomic E-state index is 13.1. The number of aromatic nitrogens is 2. The Bertz CT molecular complexity index is 667. The highest BCUT2D eigenvalue weighted by Gasteiger charge is 2.12. The number of carbonyl (C=O) groups excluding carboxylic acids is 1. The second-order valence-corrected chi connectivity index (χ2v) is 5.54. The largest absolute Gasteiger partial charge is 0.322 e. The number of carbonyl (C=O) groups is 1. The third kappa shape index (κ3) is 3.84. The Morgan fingerprint density at radius 3 is 2.77 bits per heavy atom. The fourth-order valence-corrected chi connectivity index (χ4v) is 2.25. The van der Waals surface area contributed by atoms with Gasteiger partial charge in [0.2, 0.25) is 5.91 Å². The molecular weight excluding hydrogens is 307 g/mol. The zero-order valence-corrected chi connectivity index (χ0v) is 13.4. The molecular formula is C15H18ClFN4O. The van der Waals surface area contributed by atoms with E-state index in [4.69, 9.17) is 11.6 Å². The van der Waals surface area contributed by atoms with Crippen LogP contribution in [0.15, 0.2) is 18.2 Å². The Kier molecular flexibility index (Phi) is 5.15. The van der Waals surface area contributed by atoms with Gasteiger partial charge >= 0.3 is 0 Å². The van der Waals surface area contributed by atoms with Gasteiger partial charge in [-0.1, -0.05) is 17.7 Å². The monoisotopic (exact) mass is 324 g/mol. The third-order valence-electron chi connectivity index (χ3n) is 3.40. The summed E-state index contributed by atoms with van der Waals surface area (Å²) in [6.45, 7) is 5.66. The average Bonchev–Trinajstić information content (AvgIpc) is 2.79. The molecule has 5 nitrogen and oxygen atoms in total. The highest BCUT2D eigenvalue weighted by molar-refractivity contribution is 6.30. The van der Waals surface area contributed by atoms with Gasteiger partial charge in [0.1, 0.15) is 5.82 Å². The van der Waals surface area contributed by atoms with E-state index in [2.05, 4.69) is 20.8 Å². The number of benzene rings is 1. The van der Waals surface area contributed by atoms with Gasteiger partial charge < -0.3 is 10.6 Å². The van der Waals surface area contributed by atoms with E-state index < -0.39 is 5.82 Å². The van der Waals surface area contributed by atoms with Gasteiger partial charge in [-0.2, -0.15) is 5.10 Å². The molecule has 22 heavy (non-hydrogen) atoms. The van der Waals surface area contributed by atoms with Crippen LogP contribution in [0.5, 0.6) is 0 Å². The van der Waals surface area contributed by atoms with Gasteiger partial charge in [-0.25, -0.2) is 4.39 Å². The number of hydrogen-bond acceptors (Lipinski definition) is 3. The fourth-order valence-electron chi connectivity index (χ4n) is 2.06. The van der Waals surface area contributed by atoms with Gasteiger partial charge in [0, 0.05) is 6.04 Å². The summed E-state index contributed by atoms with van der Waals surface area (Å²) in [6, 6.07) is 4.38. The Balaban J connectivity index is 1.92. The molecule has 1 atom stereocenters. The van der Waals surface area contributed by atoms with Crippen LogP contribution < -0.4 is 10.6 Å². The van der Waals surface area contributed by atoms with E-state index in [0.29, 0.717) is 5.69 Å². The molecule has 0 radical (unpaired) electrons. The summed E-state index contributed by atoms with van der Waals surface area (Å²) in [5.74, 6) is -0.631. The van der Waals surface area contributed by atoms with E-state index in [1.165, 1.54) is 6.07 Å². The highest BCUT2D eigenvalue weighted by Crippen LogP contribution is 2.20. The van der Waals surface area contributed by atoms with Gasteiger partial charge in [0.05, 0.1) is 28.6 Å². The van der Waals surface area contributed by atoms with E-state index in [0.717, 1.165) is 17.0 Å². The zero-order chi connectivity index (χ0) is 16.3. The average molecular weight is 325 g/mol. The highest BCUT2D eigenvalue weighted by atomic mass is 35.5. The summed E-state index contributed by atoms with van der Waals surface area (Å²) in [5, 5.41) is 12.8. The Labute approximate surface area is 133 Å². The first kappa shape index (κ1) is 16.5. The first-order valence-electron chi connectivity index (χ1n) is 6.88. The van der Waals surface area contributed by atoms with Gasteiger partial charge in [-0.05, 0) is 38.5 Å². The topological polar surface area (TPSA) is 69.8 Å². The number of rotatable bonds is 5. The fraction of sp³-hybridized carbons (Fsp3) is 0.333. The van der Waals surface area contributed by atoms with Crippen LogP contribution in [-0.2, 0) is 4.79 Å². The van der Waals surface area contributed by atoms with Crippen molar-refractivity contribution in [1.29, 1.82) is 0 Å². The number of nitrogens with zero attached hydrogens (tertiary/aromatic N) is 1. The summed E-state index contributed by atoms with van der Waals surface area (Å²) in [7, 11) is 0. The predicted molar refractivity (Wildman–Crippen MR) is 84.5 cm³/mol. The molecule has 118 valence electrons. The quantitative estimate of drug-likeness (QED) is 0.791. The van der Waals surface area contributed by atoms with Gasteiger partial charge in [0.15, 0.2) is 0 Å². The van der Waals surface area contributed by atoms with Crippen LogP contribution in [0.25, 0.3) is 0 Å². The number of halogens is 2. The summed E-state index contributed by atoms with van der Waals surface area (Å²) in [5.41, 5.74) is 3.06. The lowest BCUT2D eigenvalue weighted by molar-refractivity contribution is -0.115. The van der Waals surface area contributed by atoms with Gasteiger partial charge in [-0.15, -0.1) is 0 Å². The van der Waals surface area contributed by atoms with Crippen molar-refractivity contribution in [3.05, 3.63) is 46.0 Å². The number of amides is 1. The second kappa shape index (κ2) is 6.89. The summed E-state index contributed by atoms with van der Waals surface area (Å²) >= 11 is 5.76. The zero-order valence-electron chi connectivity index (χ0n) is 12.6. The number of anilines is 1. The lowest BCUT2D eigenvalue weighted by atomic mass is 10.1. The van der Waals surface area contributed by atoms with Crippen LogP contribution >= 0.6 is 11.6 Å². The molecule has 1 aromatic carbocycles. The van der Waals surface area contributed by atoms with Crippen molar-refractivity contribution in [1.82, 2.24) is 15.5 Å². The lowest BCUT2D eigenvalue weighted by Crippen LogP contribution is -2.30. The van der Waals surface area contributed by atoms with Gasteiger partial charge in [-0.3, -0.25) is 9.89 Å². The van der Waals surface area contributed by atoms with Crippen molar-refractivity contribution >= 4 is 23.2 Å². The van der Waals surface area contributed by atoms with E-state index in [-0.39, 0.29) is 23.5 Å². The van der Waals surface area contributed by atoms with Crippen LogP contribution in [-0.4, -0.2) is 22.6 Å². The number of nitrogens with one attached hydrogen (secondary N) is 3. The van der Waals surface area contributed by atoms with E-state index in [1.54, 1.807) is 12.1 Å². The molecule has 0 spiro atoms. The molecule has 0 saturated heterocycles. The molecule has 0 bridgehead atoms. The molecule has 0 aliphatic carbocycles. The summed E-state index contributed by atoms with van der Waals surface area (Å²) in [6.07, 6.45) is 0. The number of aromatic amines is 1. The Morgan fingerprint density at radius 2 is 2.18 bits per heavy atom. The number of H-pyrrole nitrogens is 1. The smallest absolute Gasteiger partial charge is 0.238 e. The maximum Gasteiger partial charge on any atom is 0.238 e. The molecule has 1 aromatic heterocycles. The molecule has 0 fully saturated rings. The maximum absolute atomic E-state index is 13.1. The summed E-state index contributed by atoms with van der Waals surface area (Å²) < 4.78 is 13.1. The Morgan fingerprint density at radius 1 is 1.45 bits per heavy atom. The number of hydrogen-bond donors (Lipinski definition) is 3. The van der Waals surface area contributed by atoms with Crippen molar-refractivity contribution < 1.29 is 9.18 Å². The molecule has 0 aliphatic heterocycles. The van der Waals surface area contributed by atoms with Crippen molar-refractivity contribution in [2.75, 3.05) is 11.9 Å². The van der Waals surface area contributed by atoms with Crippen molar-refractivity contribution in [3.8, 4) is 0 Å². The minimum absolute atomic E-state index is 0.0697. The normalized spacial score (nSPS) is 12.2. The lowest BCUT2D eigenvalue weighted by Gasteiger charge is -2.14. The first-order chi connectivity index (χ1) is 10.4. The first-order valence-corrected chi connectivity index (χ1v) is 7.26. The molecule has 2 rings (SSSR count). The van der Waals surface area contributed by atoms with Crippen molar-refractivity contribution in [2.45, 2.75) is 26.8 Å². The molecule has 0 unspecified atom stereocenters. The molecule has 1 heterocycles. The van der Waals surface area contributed by atoms with E-state index >= 15 is 0 Å². The SMILES string of the molecule is Cc1n[nH]c(C)c1NC(=O)CN[C@@H](C)c1ccc(F)c(Cl)c1. The summed E-state index contributed by atoms with van der Waals surface area (Å²) in [4.78, 5) is 12.0. The van der Waals surface area contributed by atoms with E-state index in [9.17, 15) is 9.18 Å². The minimum atomic E-state index is -0.457. The molecule has 1 amide bonds. The van der Waals surface area contributed by atoms with Crippen LogP contribution in [0.1, 0.15) is 29.9 Å².